The second-order valence-corrected chi connectivity index (χ2v) is 4.48. The van der Waals surface area contributed by atoms with Gasteiger partial charge in [0.2, 0.25) is 0 Å². The van der Waals surface area contributed by atoms with E-state index < -0.39 is 0 Å². The molecule has 0 saturated carbocycles. The summed E-state index contributed by atoms with van der Waals surface area (Å²) in [7, 11) is 1.53. The lowest BCUT2D eigenvalue weighted by Crippen LogP contribution is -2.37. The molecular weight excluding hydrogens is 230 g/mol. The highest BCUT2D eigenvalue weighted by Gasteiger charge is 2.21. The monoisotopic (exact) mass is 251 g/mol. The van der Waals surface area contributed by atoms with Gasteiger partial charge in [-0.25, -0.2) is 0 Å². The van der Waals surface area contributed by atoms with Crippen LogP contribution in [0.5, 0.6) is 11.5 Å². The van der Waals surface area contributed by atoms with Crippen molar-refractivity contribution in [2.45, 2.75) is 33.2 Å². The van der Waals surface area contributed by atoms with Gasteiger partial charge in [-0.05, 0) is 38.5 Å². The first-order valence-electron chi connectivity index (χ1n) is 6.19. The van der Waals surface area contributed by atoms with Crippen LogP contribution in [0.3, 0.4) is 0 Å². The number of phenols is 1. The SMILES string of the molecule is CCCN(C(=O)c1cc(OC)ccc1O)C(C)C. The molecule has 0 fully saturated rings. The van der Waals surface area contributed by atoms with Crippen LogP contribution in [0.1, 0.15) is 37.6 Å². The molecule has 0 bridgehead atoms. The van der Waals surface area contributed by atoms with Crippen molar-refractivity contribution in [1.82, 2.24) is 4.90 Å². The van der Waals surface area contributed by atoms with Gasteiger partial charge in [-0.3, -0.25) is 4.79 Å². The zero-order valence-corrected chi connectivity index (χ0v) is 11.4. The molecule has 1 N–H and O–H groups in total. The number of hydrogen-bond acceptors (Lipinski definition) is 3. The molecule has 0 radical (unpaired) electrons. The molecule has 0 aliphatic carbocycles. The van der Waals surface area contributed by atoms with Gasteiger partial charge in [-0.15, -0.1) is 0 Å². The number of nitrogens with zero attached hydrogens (tertiary/aromatic N) is 1. The molecule has 18 heavy (non-hydrogen) atoms. The van der Waals surface area contributed by atoms with Gasteiger partial charge in [0.25, 0.3) is 5.91 Å². The highest BCUT2D eigenvalue weighted by molar-refractivity contribution is 5.97. The van der Waals surface area contributed by atoms with E-state index in [-0.39, 0.29) is 23.3 Å². The number of benzene rings is 1. The molecule has 0 unspecified atom stereocenters. The number of hydrogen-bond donors (Lipinski definition) is 1. The minimum absolute atomic E-state index is 0.0115. The molecule has 4 heteroatoms. The van der Waals surface area contributed by atoms with Crippen LogP contribution in [0, 0.1) is 0 Å². The second kappa shape index (κ2) is 6.28. The molecule has 0 aromatic heterocycles. The van der Waals surface area contributed by atoms with E-state index in [4.69, 9.17) is 4.74 Å². The normalized spacial score (nSPS) is 10.5. The molecule has 0 spiro atoms. The van der Waals surface area contributed by atoms with E-state index in [1.165, 1.54) is 13.2 Å². The third kappa shape index (κ3) is 3.15. The largest absolute Gasteiger partial charge is 0.507 e. The standard InChI is InChI=1S/C14H21NO3/c1-5-8-15(10(2)3)14(17)12-9-11(18-4)6-7-13(12)16/h6-7,9-10,16H,5,8H2,1-4H3. The maximum Gasteiger partial charge on any atom is 0.257 e. The number of amides is 1. The smallest absolute Gasteiger partial charge is 0.257 e. The Hall–Kier alpha value is -1.71. The third-order valence-corrected chi connectivity index (χ3v) is 2.78. The van der Waals surface area contributed by atoms with Crippen LogP contribution in [0.25, 0.3) is 0 Å². The van der Waals surface area contributed by atoms with Gasteiger partial charge in [-0.1, -0.05) is 6.92 Å². The van der Waals surface area contributed by atoms with E-state index in [0.717, 1.165) is 6.42 Å². The second-order valence-electron chi connectivity index (χ2n) is 4.48. The van der Waals surface area contributed by atoms with Gasteiger partial charge in [-0.2, -0.15) is 0 Å². The Morgan fingerprint density at radius 2 is 2.11 bits per heavy atom. The van der Waals surface area contributed by atoms with Gasteiger partial charge in [0.15, 0.2) is 0 Å². The molecule has 1 rings (SSSR count). The van der Waals surface area contributed by atoms with Gasteiger partial charge in [0.05, 0.1) is 12.7 Å². The summed E-state index contributed by atoms with van der Waals surface area (Å²) in [4.78, 5) is 14.1. The molecule has 0 aliphatic rings. The van der Waals surface area contributed by atoms with Crippen LogP contribution in [0.4, 0.5) is 0 Å². The molecular formula is C14H21NO3. The van der Waals surface area contributed by atoms with Gasteiger partial charge in [0, 0.05) is 12.6 Å². The Kier molecular flexibility index (Phi) is 5.01. The van der Waals surface area contributed by atoms with Crippen LogP contribution < -0.4 is 4.74 Å². The summed E-state index contributed by atoms with van der Waals surface area (Å²) >= 11 is 0. The summed E-state index contributed by atoms with van der Waals surface area (Å²) < 4.78 is 5.08. The lowest BCUT2D eigenvalue weighted by Gasteiger charge is -2.26. The summed E-state index contributed by atoms with van der Waals surface area (Å²) in [6.07, 6.45) is 0.884. The Morgan fingerprint density at radius 3 is 2.61 bits per heavy atom. The molecule has 0 saturated heterocycles. The van der Waals surface area contributed by atoms with Gasteiger partial charge >= 0.3 is 0 Å². The highest BCUT2D eigenvalue weighted by Crippen LogP contribution is 2.24. The minimum Gasteiger partial charge on any atom is -0.507 e. The van der Waals surface area contributed by atoms with Gasteiger partial charge < -0.3 is 14.7 Å². The van der Waals surface area contributed by atoms with Crippen molar-refractivity contribution in [2.24, 2.45) is 0 Å². The van der Waals surface area contributed by atoms with Crippen molar-refractivity contribution in [3.63, 3.8) is 0 Å². The average molecular weight is 251 g/mol. The number of carbonyl (C=O) groups is 1. The first-order chi connectivity index (χ1) is 8.51. The van der Waals surface area contributed by atoms with E-state index in [1.54, 1.807) is 17.0 Å². The molecule has 100 valence electrons. The fraction of sp³-hybridized carbons (Fsp3) is 0.500. The number of methoxy groups -OCH3 is 1. The molecule has 0 aliphatic heterocycles. The van der Waals surface area contributed by atoms with Crippen LogP contribution >= 0.6 is 0 Å². The van der Waals surface area contributed by atoms with Crippen molar-refractivity contribution in [3.8, 4) is 11.5 Å². The van der Waals surface area contributed by atoms with Crippen LogP contribution in [-0.2, 0) is 0 Å². The van der Waals surface area contributed by atoms with E-state index >= 15 is 0 Å². The minimum atomic E-state index is -0.164. The van der Waals surface area contributed by atoms with Crippen LogP contribution in [-0.4, -0.2) is 35.6 Å². The number of ether oxygens (including phenoxy) is 1. The fourth-order valence-electron chi connectivity index (χ4n) is 1.80. The molecule has 1 aromatic rings. The third-order valence-electron chi connectivity index (χ3n) is 2.78. The summed E-state index contributed by atoms with van der Waals surface area (Å²) in [5.41, 5.74) is 0.288. The summed E-state index contributed by atoms with van der Waals surface area (Å²) in [5.74, 6) is 0.391. The maximum atomic E-state index is 12.4. The molecule has 1 aromatic carbocycles. The van der Waals surface area contributed by atoms with Crippen LogP contribution in [0.2, 0.25) is 0 Å². The Bertz CT molecular complexity index is 416. The van der Waals surface area contributed by atoms with E-state index in [2.05, 4.69) is 0 Å². The predicted molar refractivity (Wildman–Crippen MR) is 71.1 cm³/mol. The average Bonchev–Trinajstić information content (AvgIpc) is 2.35. The lowest BCUT2D eigenvalue weighted by molar-refractivity contribution is 0.0702. The number of phenolic OH excluding ortho intramolecular Hbond substituents is 1. The molecule has 1 amide bonds. The van der Waals surface area contributed by atoms with Crippen molar-refractivity contribution in [3.05, 3.63) is 23.8 Å². The quantitative estimate of drug-likeness (QED) is 0.875. The van der Waals surface area contributed by atoms with E-state index in [0.29, 0.717) is 12.3 Å². The highest BCUT2D eigenvalue weighted by atomic mass is 16.5. The summed E-state index contributed by atoms with van der Waals surface area (Å²) in [6.45, 7) is 6.62. The fourth-order valence-corrected chi connectivity index (χ4v) is 1.80. The lowest BCUT2D eigenvalue weighted by atomic mass is 10.1. The van der Waals surface area contributed by atoms with Crippen molar-refractivity contribution in [2.75, 3.05) is 13.7 Å². The van der Waals surface area contributed by atoms with Crippen molar-refractivity contribution >= 4 is 5.91 Å². The van der Waals surface area contributed by atoms with E-state index in [9.17, 15) is 9.90 Å². The topological polar surface area (TPSA) is 49.8 Å². The summed E-state index contributed by atoms with van der Waals surface area (Å²) in [6, 6.07) is 4.79. The Labute approximate surface area is 108 Å². The Morgan fingerprint density at radius 1 is 1.44 bits per heavy atom. The first kappa shape index (κ1) is 14.4. The zero-order chi connectivity index (χ0) is 13.7. The van der Waals surface area contributed by atoms with Crippen molar-refractivity contribution < 1.29 is 14.6 Å². The summed E-state index contributed by atoms with van der Waals surface area (Å²) in [5, 5.41) is 9.80. The number of carbonyl (C=O) groups excluding carboxylic acids is 1. The van der Waals surface area contributed by atoms with Crippen LogP contribution in [0.15, 0.2) is 18.2 Å². The first-order valence-corrected chi connectivity index (χ1v) is 6.19. The Balaban J connectivity index is 3.07. The maximum absolute atomic E-state index is 12.4. The predicted octanol–water partition coefficient (Wildman–Crippen LogP) is 2.66. The zero-order valence-electron chi connectivity index (χ0n) is 11.4. The molecule has 0 atom stereocenters. The van der Waals surface area contributed by atoms with E-state index in [1.807, 2.05) is 20.8 Å². The molecule has 4 nitrogen and oxygen atoms in total. The van der Waals surface area contributed by atoms with Gasteiger partial charge in [0.1, 0.15) is 11.5 Å². The molecule has 0 heterocycles. The van der Waals surface area contributed by atoms with Crippen molar-refractivity contribution in [1.29, 1.82) is 0 Å². The number of aromatic hydroxyl groups is 1. The number of rotatable bonds is 5.